The Hall–Kier alpha value is -1.52. The molecule has 0 fully saturated rings. The molecule has 3 N–H and O–H groups in total. The van der Waals surface area contributed by atoms with E-state index in [1.54, 1.807) is 36.4 Å². The summed E-state index contributed by atoms with van der Waals surface area (Å²) in [6.45, 7) is 1.82. The fourth-order valence-corrected chi connectivity index (χ4v) is 2.21. The zero-order valence-corrected chi connectivity index (χ0v) is 12.5. The highest BCUT2D eigenvalue weighted by atomic mass is 79.9. The van der Waals surface area contributed by atoms with Crippen LogP contribution in [0.3, 0.4) is 0 Å². The highest BCUT2D eigenvalue weighted by Crippen LogP contribution is 2.24. The maximum atomic E-state index is 12.2. The van der Waals surface area contributed by atoms with Crippen molar-refractivity contribution in [1.82, 2.24) is 0 Å². The number of benzene rings is 2. The fraction of sp³-hybridized carbons (Fsp3) is 0.0714. The van der Waals surface area contributed by atoms with E-state index in [4.69, 9.17) is 17.3 Å². The van der Waals surface area contributed by atoms with Crippen LogP contribution >= 0.6 is 27.5 Å². The van der Waals surface area contributed by atoms with Crippen molar-refractivity contribution in [3.8, 4) is 0 Å². The molecule has 19 heavy (non-hydrogen) atoms. The van der Waals surface area contributed by atoms with Gasteiger partial charge in [0.05, 0.1) is 0 Å². The van der Waals surface area contributed by atoms with Gasteiger partial charge in [-0.05, 0) is 58.7 Å². The monoisotopic (exact) mass is 338 g/mol. The van der Waals surface area contributed by atoms with Gasteiger partial charge in [0.2, 0.25) is 0 Å². The van der Waals surface area contributed by atoms with Crippen LogP contribution in [0.2, 0.25) is 5.02 Å². The number of nitrogen functional groups attached to an aromatic ring is 1. The summed E-state index contributed by atoms with van der Waals surface area (Å²) in [6.07, 6.45) is 0. The number of halogens is 2. The van der Waals surface area contributed by atoms with Gasteiger partial charge in [0.15, 0.2) is 0 Å². The van der Waals surface area contributed by atoms with E-state index in [0.717, 1.165) is 10.0 Å². The molecule has 0 aliphatic carbocycles. The fourth-order valence-electron chi connectivity index (χ4n) is 1.66. The second-order valence-electron chi connectivity index (χ2n) is 4.10. The van der Waals surface area contributed by atoms with Crippen LogP contribution in [0.4, 0.5) is 11.4 Å². The minimum absolute atomic E-state index is 0.198. The van der Waals surface area contributed by atoms with Gasteiger partial charge in [-0.1, -0.05) is 17.7 Å². The lowest BCUT2D eigenvalue weighted by Gasteiger charge is -2.09. The Balaban J connectivity index is 2.26. The Bertz CT molecular complexity index is 643. The molecule has 98 valence electrons. The Morgan fingerprint density at radius 2 is 2.05 bits per heavy atom. The van der Waals surface area contributed by atoms with Gasteiger partial charge in [0, 0.05) is 26.4 Å². The van der Waals surface area contributed by atoms with Crippen LogP contribution in [-0.4, -0.2) is 5.91 Å². The first kappa shape index (κ1) is 13.9. The first-order chi connectivity index (χ1) is 8.99. The van der Waals surface area contributed by atoms with Crippen LogP contribution in [-0.2, 0) is 0 Å². The van der Waals surface area contributed by atoms with Crippen molar-refractivity contribution in [3.63, 3.8) is 0 Å². The van der Waals surface area contributed by atoms with Crippen molar-refractivity contribution >= 4 is 44.8 Å². The largest absolute Gasteiger partial charge is 0.398 e. The SMILES string of the molecule is Cc1c(Cl)cccc1C(=O)Nc1ccc(N)c(Br)c1. The van der Waals surface area contributed by atoms with Gasteiger partial charge in [0.25, 0.3) is 5.91 Å². The second-order valence-corrected chi connectivity index (χ2v) is 5.36. The summed E-state index contributed by atoms with van der Waals surface area (Å²) >= 11 is 9.32. The molecular formula is C14H12BrClN2O. The molecule has 2 aromatic carbocycles. The molecule has 0 aliphatic rings. The van der Waals surface area contributed by atoms with E-state index in [9.17, 15) is 4.79 Å². The van der Waals surface area contributed by atoms with E-state index < -0.39 is 0 Å². The van der Waals surface area contributed by atoms with Crippen LogP contribution in [0, 0.1) is 6.92 Å². The highest BCUT2D eigenvalue weighted by molar-refractivity contribution is 9.10. The third-order valence-electron chi connectivity index (χ3n) is 2.77. The van der Waals surface area contributed by atoms with Crippen molar-refractivity contribution < 1.29 is 4.79 Å². The number of rotatable bonds is 2. The van der Waals surface area contributed by atoms with Gasteiger partial charge in [-0.25, -0.2) is 0 Å². The van der Waals surface area contributed by atoms with Crippen LogP contribution < -0.4 is 11.1 Å². The van der Waals surface area contributed by atoms with Crippen LogP contribution in [0.25, 0.3) is 0 Å². The van der Waals surface area contributed by atoms with Gasteiger partial charge < -0.3 is 11.1 Å². The lowest BCUT2D eigenvalue weighted by molar-refractivity contribution is 0.102. The number of hydrogen-bond acceptors (Lipinski definition) is 2. The Labute approximate surface area is 124 Å². The average Bonchev–Trinajstić information content (AvgIpc) is 2.37. The molecule has 0 spiro atoms. The molecule has 0 aromatic heterocycles. The standard InChI is InChI=1S/C14H12BrClN2O/c1-8-10(3-2-4-12(8)16)14(19)18-9-5-6-13(17)11(15)7-9/h2-7H,17H2,1H3,(H,18,19). The predicted molar refractivity (Wildman–Crippen MR) is 82.7 cm³/mol. The van der Waals surface area contributed by atoms with Gasteiger partial charge in [-0.2, -0.15) is 0 Å². The van der Waals surface area contributed by atoms with Crippen LogP contribution in [0.5, 0.6) is 0 Å². The summed E-state index contributed by atoms with van der Waals surface area (Å²) < 4.78 is 0.744. The molecular weight excluding hydrogens is 328 g/mol. The number of hydrogen-bond donors (Lipinski definition) is 2. The smallest absolute Gasteiger partial charge is 0.255 e. The normalized spacial score (nSPS) is 10.3. The van der Waals surface area contributed by atoms with E-state index in [2.05, 4.69) is 21.2 Å². The Kier molecular flexibility index (Phi) is 4.12. The molecule has 0 unspecified atom stereocenters. The molecule has 1 amide bonds. The first-order valence-electron chi connectivity index (χ1n) is 5.60. The Morgan fingerprint density at radius 1 is 1.32 bits per heavy atom. The third kappa shape index (κ3) is 3.08. The number of amides is 1. The lowest BCUT2D eigenvalue weighted by Crippen LogP contribution is -2.13. The third-order valence-corrected chi connectivity index (χ3v) is 3.87. The first-order valence-corrected chi connectivity index (χ1v) is 6.77. The van der Waals surface area contributed by atoms with Crippen molar-refractivity contribution in [2.75, 3.05) is 11.1 Å². The molecule has 0 atom stereocenters. The summed E-state index contributed by atoms with van der Waals surface area (Å²) in [4.78, 5) is 12.2. The van der Waals surface area contributed by atoms with Crippen molar-refractivity contribution in [3.05, 3.63) is 57.0 Å². The van der Waals surface area contributed by atoms with Gasteiger partial charge in [-0.3, -0.25) is 4.79 Å². The van der Waals surface area contributed by atoms with Gasteiger partial charge >= 0.3 is 0 Å². The summed E-state index contributed by atoms with van der Waals surface area (Å²) in [7, 11) is 0. The summed E-state index contributed by atoms with van der Waals surface area (Å²) in [5.74, 6) is -0.198. The zero-order chi connectivity index (χ0) is 14.0. The maximum Gasteiger partial charge on any atom is 0.255 e. The van der Waals surface area contributed by atoms with Gasteiger partial charge in [0.1, 0.15) is 0 Å². The molecule has 0 radical (unpaired) electrons. The topological polar surface area (TPSA) is 55.1 Å². The van der Waals surface area contributed by atoms with Crippen molar-refractivity contribution in [2.24, 2.45) is 0 Å². The maximum absolute atomic E-state index is 12.2. The molecule has 0 heterocycles. The predicted octanol–water partition coefficient (Wildman–Crippen LogP) is 4.25. The molecule has 0 saturated carbocycles. The minimum atomic E-state index is -0.198. The minimum Gasteiger partial charge on any atom is -0.398 e. The molecule has 0 saturated heterocycles. The quantitative estimate of drug-likeness (QED) is 0.804. The number of nitrogens with two attached hydrogens (primary N) is 1. The second kappa shape index (κ2) is 5.63. The number of anilines is 2. The summed E-state index contributed by atoms with van der Waals surface area (Å²) in [5.41, 5.74) is 8.31. The molecule has 0 aliphatic heterocycles. The molecule has 5 heteroatoms. The average molecular weight is 340 g/mol. The highest BCUT2D eigenvalue weighted by Gasteiger charge is 2.11. The summed E-state index contributed by atoms with van der Waals surface area (Å²) in [6, 6.07) is 10.5. The molecule has 0 bridgehead atoms. The van der Waals surface area contributed by atoms with E-state index in [-0.39, 0.29) is 5.91 Å². The molecule has 2 aromatic rings. The van der Waals surface area contributed by atoms with E-state index in [1.807, 2.05) is 6.92 Å². The van der Waals surface area contributed by atoms with Crippen LogP contribution in [0.1, 0.15) is 15.9 Å². The van der Waals surface area contributed by atoms with Gasteiger partial charge in [-0.15, -0.1) is 0 Å². The van der Waals surface area contributed by atoms with Crippen LogP contribution in [0.15, 0.2) is 40.9 Å². The van der Waals surface area contributed by atoms with E-state index in [0.29, 0.717) is 22.0 Å². The van der Waals surface area contributed by atoms with Crippen molar-refractivity contribution in [2.45, 2.75) is 6.92 Å². The van der Waals surface area contributed by atoms with Crippen molar-refractivity contribution in [1.29, 1.82) is 0 Å². The molecule has 3 nitrogen and oxygen atoms in total. The number of nitrogens with one attached hydrogen (secondary N) is 1. The molecule has 2 rings (SSSR count). The zero-order valence-electron chi connectivity index (χ0n) is 10.2. The number of carbonyl (C=O) groups excluding carboxylic acids is 1. The lowest BCUT2D eigenvalue weighted by atomic mass is 10.1. The van der Waals surface area contributed by atoms with E-state index in [1.165, 1.54) is 0 Å². The van der Waals surface area contributed by atoms with E-state index >= 15 is 0 Å². The number of carbonyl (C=O) groups is 1. The summed E-state index contributed by atoms with van der Waals surface area (Å²) in [5, 5.41) is 3.39. The Morgan fingerprint density at radius 3 is 2.74 bits per heavy atom.